The number of carbonyl (C=O) groups is 1. The van der Waals surface area contributed by atoms with Gasteiger partial charge in [-0.1, -0.05) is 56.1 Å². The van der Waals surface area contributed by atoms with Crippen LogP contribution in [0.5, 0.6) is 0 Å². The van der Waals surface area contributed by atoms with Gasteiger partial charge in [0, 0.05) is 10.2 Å². The molecule has 0 saturated heterocycles. The number of halogens is 1. The van der Waals surface area contributed by atoms with Gasteiger partial charge >= 0.3 is 11.8 Å². The number of anilines is 1. The molecule has 9 heteroatoms. The lowest BCUT2D eigenvalue weighted by atomic mass is 10.1. The minimum Gasteiger partial charge on any atom is -0.328 e. The molecule has 0 atom stereocenters. The largest absolute Gasteiger partial charge is 0.328 e. The van der Waals surface area contributed by atoms with Crippen molar-refractivity contribution in [2.75, 3.05) is 5.32 Å². The van der Waals surface area contributed by atoms with E-state index in [1.165, 1.54) is 5.56 Å². The van der Waals surface area contributed by atoms with E-state index in [0.29, 0.717) is 17.9 Å². The minimum atomic E-state index is -0.492. The molecule has 140 valence electrons. The predicted octanol–water partition coefficient (Wildman–Crippen LogP) is 3.70. The van der Waals surface area contributed by atoms with E-state index in [0.717, 1.165) is 10.0 Å². The Labute approximate surface area is 168 Å². The highest BCUT2D eigenvalue weighted by Crippen LogP contribution is 2.16. The molecule has 2 aromatic carbocycles. The fourth-order valence-corrected chi connectivity index (χ4v) is 2.76. The van der Waals surface area contributed by atoms with Gasteiger partial charge in [-0.25, -0.2) is 4.68 Å². The van der Waals surface area contributed by atoms with E-state index in [9.17, 15) is 4.79 Å². The highest BCUT2D eigenvalue weighted by atomic mass is 79.9. The van der Waals surface area contributed by atoms with Crippen molar-refractivity contribution in [2.24, 2.45) is 0 Å². The Balaban J connectivity index is 1.45. The van der Waals surface area contributed by atoms with Gasteiger partial charge in [-0.15, -0.1) is 5.10 Å². The first-order valence-corrected chi connectivity index (χ1v) is 9.23. The Hall–Kier alpha value is -3.33. The third kappa shape index (κ3) is 4.15. The number of benzene rings is 2. The first kappa shape index (κ1) is 18.1. The molecule has 0 saturated carbocycles. The summed E-state index contributed by atoms with van der Waals surface area (Å²) in [5.74, 6) is -0.435. The Morgan fingerprint density at radius 2 is 1.89 bits per heavy atom. The summed E-state index contributed by atoms with van der Waals surface area (Å²) < 4.78 is 7.65. The molecule has 8 nitrogen and oxygen atoms in total. The van der Waals surface area contributed by atoms with Crippen LogP contribution in [0.2, 0.25) is 0 Å². The molecule has 1 N–H and O–H groups in total. The Kier molecular flexibility index (Phi) is 4.98. The van der Waals surface area contributed by atoms with E-state index in [1.54, 1.807) is 23.0 Å². The molecule has 2 aromatic heterocycles. The van der Waals surface area contributed by atoms with Crippen LogP contribution in [0.1, 0.15) is 21.8 Å². The second kappa shape index (κ2) is 7.73. The van der Waals surface area contributed by atoms with E-state index in [4.69, 9.17) is 4.52 Å². The summed E-state index contributed by atoms with van der Waals surface area (Å²) in [5, 5.41) is 14.7. The Morgan fingerprint density at radius 3 is 2.64 bits per heavy atom. The first-order chi connectivity index (χ1) is 13.6. The second-order valence-corrected chi connectivity index (χ2v) is 7.09. The number of rotatable bonds is 5. The topological polar surface area (TPSA) is 98.7 Å². The molecule has 4 aromatic rings. The van der Waals surface area contributed by atoms with Crippen molar-refractivity contribution in [3.05, 3.63) is 76.2 Å². The van der Waals surface area contributed by atoms with E-state index < -0.39 is 5.91 Å². The van der Waals surface area contributed by atoms with Gasteiger partial charge in [-0.2, -0.15) is 4.98 Å². The molecular formula is C19H15BrN6O2. The van der Waals surface area contributed by atoms with Gasteiger partial charge in [0.25, 0.3) is 0 Å². The average molecular weight is 439 g/mol. The van der Waals surface area contributed by atoms with Gasteiger partial charge in [-0.3, -0.25) is 4.79 Å². The number of nitrogens with zero attached hydrogens (tertiary/aromatic N) is 5. The summed E-state index contributed by atoms with van der Waals surface area (Å²) in [7, 11) is 0. The number of hydrogen-bond donors (Lipinski definition) is 1. The fraction of sp³-hybridized carbons (Fsp3) is 0.105. The third-order valence-corrected chi connectivity index (χ3v) is 4.48. The lowest BCUT2D eigenvalue weighted by molar-refractivity contribution is 0.0981. The molecule has 0 bridgehead atoms. The van der Waals surface area contributed by atoms with Crippen LogP contribution >= 0.6 is 15.9 Å². The van der Waals surface area contributed by atoms with Crippen LogP contribution in [-0.4, -0.2) is 31.0 Å². The third-order valence-electron chi connectivity index (χ3n) is 3.96. The van der Waals surface area contributed by atoms with E-state index in [1.807, 2.05) is 43.3 Å². The van der Waals surface area contributed by atoms with E-state index in [2.05, 4.69) is 41.7 Å². The Morgan fingerprint density at radius 1 is 1.14 bits per heavy atom. The summed E-state index contributed by atoms with van der Waals surface area (Å²) in [6, 6.07) is 15.3. The van der Waals surface area contributed by atoms with E-state index in [-0.39, 0.29) is 11.7 Å². The molecule has 0 aliphatic rings. The first-order valence-electron chi connectivity index (χ1n) is 8.43. The predicted molar refractivity (Wildman–Crippen MR) is 106 cm³/mol. The molecule has 1 amide bonds. The molecule has 0 unspecified atom stereocenters. The molecule has 0 fully saturated rings. The maximum absolute atomic E-state index is 12.3. The summed E-state index contributed by atoms with van der Waals surface area (Å²) in [6.45, 7) is 2.61. The summed E-state index contributed by atoms with van der Waals surface area (Å²) in [6.07, 6.45) is 1.71. The van der Waals surface area contributed by atoms with Crippen LogP contribution in [0.25, 0.3) is 11.5 Å². The van der Waals surface area contributed by atoms with Crippen LogP contribution < -0.4 is 5.32 Å². The molecule has 28 heavy (non-hydrogen) atoms. The maximum Gasteiger partial charge on any atom is 0.316 e. The quantitative estimate of drug-likeness (QED) is 0.509. The molecule has 2 heterocycles. The highest BCUT2D eigenvalue weighted by molar-refractivity contribution is 9.10. The average Bonchev–Trinajstić information content (AvgIpc) is 3.35. The summed E-state index contributed by atoms with van der Waals surface area (Å²) in [5.41, 5.74) is 3.35. The van der Waals surface area contributed by atoms with E-state index >= 15 is 0 Å². The summed E-state index contributed by atoms with van der Waals surface area (Å²) >= 11 is 3.34. The highest BCUT2D eigenvalue weighted by Gasteiger charge is 2.18. The lowest BCUT2D eigenvalue weighted by Gasteiger charge is -2.01. The monoisotopic (exact) mass is 438 g/mol. The van der Waals surface area contributed by atoms with Crippen molar-refractivity contribution in [1.82, 2.24) is 25.1 Å². The smallest absolute Gasteiger partial charge is 0.316 e. The number of aromatic nitrogens is 5. The van der Waals surface area contributed by atoms with Gasteiger partial charge in [0.1, 0.15) is 0 Å². The van der Waals surface area contributed by atoms with Crippen molar-refractivity contribution < 1.29 is 9.32 Å². The minimum absolute atomic E-state index is 0.147. The van der Waals surface area contributed by atoms with Crippen LogP contribution in [0.3, 0.4) is 0 Å². The van der Waals surface area contributed by atoms with Gasteiger partial charge < -0.3 is 9.84 Å². The van der Waals surface area contributed by atoms with Crippen LogP contribution in [0.4, 0.5) is 5.69 Å². The lowest BCUT2D eigenvalue weighted by Crippen LogP contribution is -2.12. The second-order valence-electron chi connectivity index (χ2n) is 6.17. The van der Waals surface area contributed by atoms with Crippen molar-refractivity contribution in [3.63, 3.8) is 0 Å². The molecule has 0 spiro atoms. The fourth-order valence-electron chi connectivity index (χ4n) is 2.50. The normalized spacial score (nSPS) is 10.8. The van der Waals surface area contributed by atoms with Crippen molar-refractivity contribution >= 4 is 27.5 Å². The zero-order valence-electron chi connectivity index (χ0n) is 14.8. The van der Waals surface area contributed by atoms with Crippen LogP contribution in [-0.2, 0) is 6.54 Å². The molecule has 0 aliphatic carbocycles. The SMILES string of the molecule is Cc1ccc(Cn2cc(-c3noc(C(=O)Nc4ccc(Br)cc4)n3)nn2)cc1. The van der Waals surface area contributed by atoms with Crippen molar-refractivity contribution in [2.45, 2.75) is 13.5 Å². The standard InChI is InChI=1S/C19H15BrN6O2/c1-12-2-4-13(5-3-12)10-26-11-16(23-25-26)17-22-19(28-24-17)18(27)21-15-8-6-14(20)7-9-15/h2-9,11H,10H2,1H3,(H,21,27). The molecule has 0 aliphatic heterocycles. The number of aryl methyl sites for hydroxylation is 1. The zero-order chi connectivity index (χ0) is 19.5. The van der Waals surface area contributed by atoms with Gasteiger partial charge in [0.05, 0.1) is 12.7 Å². The number of nitrogens with one attached hydrogen (secondary N) is 1. The Bertz CT molecular complexity index is 1100. The summed E-state index contributed by atoms with van der Waals surface area (Å²) in [4.78, 5) is 16.4. The van der Waals surface area contributed by atoms with Crippen LogP contribution in [0, 0.1) is 6.92 Å². The maximum atomic E-state index is 12.3. The van der Waals surface area contributed by atoms with Crippen molar-refractivity contribution in [1.29, 1.82) is 0 Å². The molecule has 4 rings (SSSR count). The molecular weight excluding hydrogens is 424 g/mol. The molecule has 0 radical (unpaired) electrons. The zero-order valence-corrected chi connectivity index (χ0v) is 16.4. The van der Waals surface area contributed by atoms with Gasteiger partial charge in [-0.05, 0) is 36.8 Å². The van der Waals surface area contributed by atoms with Gasteiger partial charge in [0.15, 0.2) is 5.69 Å². The number of carbonyl (C=O) groups excluding carboxylic acids is 1. The van der Waals surface area contributed by atoms with Crippen LogP contribution in [0.15, 0.2) is 63.7 Å². The number of hydrogen-bond acceptors (Lipinski definition) is 6. The van der Waals surface area contributed by atoms with Crippen molar-refractivity contribution in [3.8, 4) is 11.5 Å². The van der Waals surface area contributed by atoms with Gasteiger partial charge in [0.2, 0.25) is 5.82 Å². The number of amides is 1.